The highest BCUT2D eigenvalue weighted by molar-refractivity contribution is 5.91. The molecule has 0 bridgehead atoms. The van der Waals surface area contributed by atoms with Crippen molar-refractivity contribution in [2.45, 2.75) is 52.1 Å². The van der Waals surface area contributed by atoms with Crippen LogP contribution in [0.1, 0.15) is 39.5 Å². The number of esters is 2. The van der Waals surface area contributed by atoms with Crippen molar-refractivity contribution in [2.75, 3.05) is 0 Å². The molecule has 0 aliphatic carbocycles. The van der Waals surface area contributed by atoms with Gasteiger partial charge in [0, 0.05) is 25.0 Å². The number of ether oxygens (including phenoxy) is 2. The van der Waals surface area contributed by atoms with Crippen molar-refractivity contribution in [3.8, 4) is 0 Å². The highest BCUT2D eigenvalue weighted by Crippen LogP contribution is 2.01. The van der Waals surface area contributed by atoms with Crippen molar-refractivity contribution in [2.24, 2.45) is 0 Å². The molecule has 6 nitrogen and oxygen atoms in total. The number of carbonyl (C=O) groups excluding carboxylic acids is 2. The third-order valence-corrected chi connectivity index (χ3v) is 1.93. The lowest BCUT2D eigenvalue weighted by Gasteiger charge is -2.09. The van der Waals surface area contributed by atoms with Gasteiger partial charge in [0.2, 0.25) is 12.6 Å². The molecule has 2 atom stereocenters. The summed E-state index contributed by atoms with van der Waals surface area (Å²) in [5.74, 6) is -1.67. The van der Waals surface area contributed by atoms with Crippen molar-refractivity contribution in [1.82, 2.24) is 0 Å². The summed E-state index contributed by atoms with van der Waals surface area (Å²) in [7, 11) is 0. The Morgan fingerprint density at radius 2 is 1.28 bits per heavy atom. The monoisotopic (exact) mass is 260 g/mol. The molecule has 0 aliphatic heterocycles. The molecule has 2 unspecified atom stereocenters. The van der Waals surface area contributed by atoms with E-state index in [0.717, 1.165) is 12.2 Å². The molecule has 0 spiro atoms. The van der Waals surface area contributed by atoms with E-state index in [2.05, 4.69) is 9.47 Å². The first-order valence-corrected chi connectivity index (χ1v) is 5.95. The van der Waals surface area contributed by atoms with Crippen LogP contribution in [0.2, 0.25) is 0 Å². The molecule has 0 amide bonds. The number of carbonyl (C=O) groups is 2. The molecule has 6 heteroatoms. The second kappa shape index (κ2) is 9.61. The zero-order valence-electron chi connectivity index (χ0n) is 10.7. The van der Waals surface area contributed by atoms with Gasteiger partial charge in [0.05, 0.1) is 0 Å². The molecule has 0 aliphatic rings. The average molecular weight is 260 g/mol. The molecule has 0 fully saturated rings. The van der Waals surface area contributed by atoms with Gasteiger partial charge in [-0.1, -0.05) is 26.7 Å². The predicted octanol–water partition coefficient (Wildman–Crippen LogP) is 0.866. The molecule has 0 heterocycles. The summed E-state index contributed by atoms with van der Waals surface area (Å²) in [6.07, 6.45) is 1.35. The Balaban J connectivity index is 3.98. The van der Waals surface area contributed by atoms with Gasteiger partial charge in [-0.2, -0.15) is 0 Å². The fourth-order valence-electron chi connectivity index (χ4n) is 1.09. The van der Waals surface area contributed by atoms with E-state index in [1.54, 1.807) is 0 Å². The Morgan fingerprint density at radius 3 is 1.56 bits per heavy atom. The minimum atomic E-state index is -1.17. The first-order chi connectivity index (χ1) is 8.49. The summed E-state index contributed by atoms with van der Waals surface area (Å²) in [6.45, 7) is 3.67. The third-order valence-electron chi connectivity index (χ3n) is 1.93. The molecule has 0 saturated carbocycles. The highest BCUT2D eigenvalue weighted by Gasteiger charge is 2.10. The van der Waals surface area contributed by atoms with Gasteiger partial charge in [-0.3, -0.25) is 0 Å². The van der Waals surface area contributed by atoms with Crippen molar-refractivity contribution in [3.63, 3.8) is 0 Å². The van der Waals surface area contributed by atoms with E-state index in [1.807, 2.05) is 13.8 Å². The maximum Gasteiger partial charge on any atom is 0.333 e. The smallest absolute Gasteiger partial charge is 0.333 e. The van der Waals surface area contributed by atoms with Crippen LogP contribution in [0.4, 0.5) is 0 Å². The van der Waals surface area contributed by atoms with E-state index in [4.69, 9.17) is 10.2 Å². The Kier molecular flexibility index (Phi) is 8.86. The fourth-order valence-corrected chi connectivity index (χ4v) is 1.09. The first-order valence-electron chi connectivity index (χ1n) is 5.95. The van der Waals surface area contributed by atoms with Crippen molar-refractivity contribution in [3.05, 3.63) is 12.2 Å². The van der Waals surface area contributed by atoms with Gasteiger partial charge in [0.25, 0.3) is 0 Å². The molecule has 2 N–H and O–H groups in total. The zero-order chi connectivity index (χ0) is 14.0. The van der Waals surface area contributed by atoms with Crippen LogP contribution in [0.3, 0.4) is 0 Å². The highest BCUT2D eigenvalue weighted by atomic mass is 16.6. The minimum absolute atomic E-state index is 0.333. The molecule has 0 aromatic rings. The molecule has 18 heavy (non-hydrogen) atoms. The van der Waals surface area contributed by atoms with Crippen LogP contribution >= 0.6 is 0 Å². The second-order valence-corrected chi connectivity index (χ2v) is 3.69. The molecule has 0 saturated heterocycles. The predicted molar refractivity (Wildman–Crippen MR) is 63.2 cm³/mol. The fraction of sp³-hybridized carbons (Fsp3) is 0.667. The van der Waals surface area contributed by atoms with Gasteiger partial charge in [-0.25, -0.2) is 9.59 Å². The molecule has 0 aromatic carbocycles. The lowest BCUT2D eigenvalue weighted by atomic mass is 10.3. The van der Waals surface area contributed by atoms with E-state index < -0.39 is 24.5 Å². The lowest BCUT2D eigenvalue weighted by molar-refractivity contribution is -0.165. The maximum atomic E-state index is 11.1. The Morgan fingerprint density at radius 1 is 0.944 bits per heavy atom. The van der Waals surface area contributed by atoms with Gasteiger partial charge < -0.3 is 19.7 Å². The standard InChI is InChI=1S/C12H20O6/c1-3-5-9(13)17-11(15)7-8-12(16)18-10(14)6-4-2/h7-10,13-14H,3-6H2,1-2H3/b8-7-. The Labute approximate surface area is 106 Å². The van der Waals surface area contributed by atoms with Gasteiger partial charge in [-0.05, 0) is 0 Å². The van der Waals surface area contributed by atoms with Crippen molar-refractivity contribution in [1.29, 1.82) is 0 Å². The first kappa shape index (κ1) is 16.6. The number of hydrogen-bond donors (Lipinski definition) is 2. The van der Waals surface area contributed by atoms with Crippen LogP contribution in [-0.4, -0.2) is 34.7 Å². The summed E-state index contributed by atoms with van der Waals surface area (Å²) in [5.41, 5.74) is 0. The summed E-state index contributed by atoms with van der Waals surface area (Å²) in [4.78, 5) is 22.2. The molecular weight excluding hydrogens is 240 g/mol. The number of rotatable bonds is 8. The van der Waals surface area contributed by atoms with E-state index in [1.165, 1.54) is 0 Å². The van der Waals surface area contributed by atoms with Crippen LogP contribution < -0.4 is 0 Å². The summed E-state index contributed by atoms with van der Waals surface area (Å²) >= 11 is 0. The molecule has 0 radical (unpaired) electrons. The van der Waals surface area contributed by atoms with Crippen molar-refractivity contribution >= 4 is 11.9 Å². The number of aliphatic hydroxyl groups is 2. The normalized spacial score (nSPS) is 14.2. The average Bonchev–Trinajstić information content (AvgIpc) is 2.27. The molecular formula is C12H20O6. The zero-order valence-corrected chi connectivity index (χ0v) is 10.7. The van der Waals surface area contributed by atoms with Crippen molar-refractivity contribution < 1.29 is 29.3 Å². The summed E-state index contributed by atoms with van der Waals surface area (Å²) in [5, 5.41) is 18.3. The van der Waals surface area contributed by atoms with Crippen LogP contribution in [0, 0.1) is 0 Å². The molecule has 0 aromatic heterocycles. The summed E-state index contributed by atoms with van der Waals surface area (Å²) < 4.78 is 9.11. The molecule has 104 valence electrons. The second-order valence-electron chi connectivity index (χ2n) is 3.69. The van der Waals surface area contributed by atoms with Gasteiger partial charge in [0.1, 0.15) is 0 Å². The van der Waals surface area contributed by atoms with Gasteiger partial charge in [0.15, 0.2) is 0 Å². The van der Waals surface area contributed by atoms with E-state index in [9.17, 15) is 9.59 Å². The van der Waals surface area contributed by atoms with Gasteiger partial charge >= 0.3 is 11.9 Å². The number of aliphatic hydroxyl groups excluding tert-OH is 2. The van der Waals surface area contributed by atoms with Crippen LogP contribution in [0.25, 0.3) is 0 Å². The molecule has 0 rings (SSSR count). The van der Waals surface area contributed by atoms with E-state index in [0.29, 0.717) is 25.7 Å². The maximum absolute atomic E-state index is 11.1. The van der Waals surface area contributed by atoms with Gasteiger partial charge in [-0.15, -0.1) is 0 Å². The topological polar surface area (TPSA) is 93.1 Å². The van der Waals surface area contributed by atoms with Crippen LogP contribution in [-0.2, 0) is 19.1 Å². The van der Waals surface area contributed by atoms with E-state index >= 15 is 0 Å². The quantitative estimate of drug-likeness (QED) is 0.382. The van der Waals surface area contributed by atoms with E-state index in [-0.39, 0.29) is 0 Å². The summed E-state index contributed by atoms with van der Waals surface area (Å²) in [6, 6.07) is 0. The van der Waals surface area contributed by atoms with Crippen LogP contribution in [0.5, 0.6) is 0 Å². The largest absolute Gasteiger partial charge is 0.433 e. The van der Waals surface area contributed by atoms with Crippen LogP contribution in [0.15, 0.2) is 12.2 Å². The minimum Gasteiger partial charge on any atom is -0.433 e. The Hall–Kier alpha value is -1.40. The SMILES string of the molecule is CCCC(O)OC(=O)/C=C\C(=O)OC(O)CCC. The Bertz CT molecular complexity index is 258. The third kappa shape index (κ3) is 8.72. The number of hydrogen-bond acceptors (Lipinski definition) is 6. The lowest BCUT2D eigenvalue weighted by Crippen LogP contribution is -2.17.